The first-order valence-electron chi connectivity index (χ1n) is 17.3. The molecule has 0 saturated carbocycles. The van der Waals surface area contributed by atoms with Gasteiger partial charge in [0.25, 0.3) is 0 Å². The first-order valence-corrected chi connectivity index (χ1v) is 17.3. The van der Waals surface area contributed by atoms with Gasteiger partial charge in [-0.3, -0.25) is 0 Å². The highest BCUT2D eigenvalue weighted by Gasteiger charge is 2.44. The van der Waals surface area contributed by atoms with Gasteiger partial charge in [-0.25, -0.2) is 32.5 Å². The number of anilines is 2. The molecule has 51 heavy (non-hydrogen) atoms. The summed E-state index contributed by atoms with van der Waals surface area (Å²) in [7, 11) is 0. The van der Waals surface area contributed by atoms with Gasteiger partial charge in [0.1, 0.15) is 42.0 Å². The number of rotatable bonds is 12. The number of nitrogens with zero attached hydrogens (tertiary/aromatic N) is 8. The quantitative estimate of drug-likeness (QED) is 0.200. The normalized spacial score (nSPS) is 20.5. The molecule has 2 fully saturated rings. The van der Waals surface area contributed by atoms with E-state index in [4.69, 9.17) is 9.47 Å². The van der Waals surface area contributed by atoms with Gasteiger partial charge in [0, 0.05) is 55.1 Å². The number of aliphatic hydroxyl groups is 1. The van der Waals surface area contributed by atoms with Crippen molar-refractivity contribution in [1.29, 1.82) is 0 Å². The maximum atomic E-state index is 15.0. The van der Waals surface area contributed by atoms with Crippen LogP contribution >= 0.6 is 0 Å². The zero-order chi connectivity index (χ0) is 35.5. The maximum absolute atomic E-state index is 15.0. The fourth-order valence-electron chi connectivity index (χ4n) is 7.24. The van der Waals surface area contributed by atoms with E-state index in [1.807, 2.05) is 43.3 Å². The van der Waals surface area contributed by atoms with Crippen LogP contribution in [0.3, 0.4) is 0 Å². The van der Waals surface area contributed by atoms with E-state index < -0.39 is 23.3 Å². The van der Waals surface area contributed by atoms with Crippen molar-refractivity contribution >= 4 is 11.4 Å². The van der Waals surface area contributed by atoms with Crippen molar-refractivity contribution in [1.82, 2.24) is 29.1 Å². The van der Waals surface area contributed by atoms with Crippen LogP contribution < -0.4 is 20.2 Å². The summed E-state index contributed by atoms with van der Waals surface area (Å²) in [4.78, 5) is 21.7. The molecule has 7 rings (SSSR count). The largest absolute Gasteiger partial charge is 0.493 e. The first-order chi connectivity index (χ1) is 24.7. The molecule has 14 heteroatoms. The van der Waals surface area contributed by atoms with E-state index >= 15 is 0 Å². The second kappa shape index (κ2) is 14.6. The monoisotopic (exact) mass is 700 g/mol. The highest BCUT2D eigenvalue weighted by atomic mass is 19.1. The fraction of sp³-hybridized carbons (Fsp3) is 0.405. The Kier molecular flexibility index (Phi) is 9.87. The molecule has 3 aromatic carbocycles. The summed E-state index contributed by atoms with van der Waals surface area (Å²) >= 11 is 0. The number of hydrogen-bond donors (Lipinski definition) is 1. The Hall–Kier alpha value is -5.08. The molecule has 268 valence electrons. The smallest absolute Gasteiger partial charge is 0.350 e. The van der Waals surface area contributed by atoms with Crippen molar-refractivity contribution < 1.29 is 23.4 Å². The molecule has 0 spiro atoms. The van der Waals surface area contributed by atoms with Crippen LogP contribution in [0.5, 0.6) is 5.75 Å². The molecular formula is C37H42F2N8O4. The predicted octanol–water partition coefficient (Wildman–Crippen LogP) is 4.57. The summed E-state index contributed by atoms with van der Waals surface area (Å²) in [6.45, 7) is 7.97. The van der Waals surface area contributed by atoms with Crippen molar-refractivity contribution in [3.8, 4) is 11.4 Å². The van der Waals surface area contributed by atoms with E-state index in [0.29, 0.717) is 31.6 Å². The number of ether oxygens (including phenoxy) is 2. The van der Waals surface area contributed by atoms with Gasteiger partial charge in [-0.2, -0.15) is 10.2 Å². The van der Waals surface area contributed by atoms with E-state index in [-0.39, 0.29) is 24.2 Å². The lowest BCUT2D eigenvalue weighted by molar-refractivity contribution is -0.0206. The summed E-state index contributed by atoms with van der Waals surface area (Å²) in [5.74, 6) is -0.563. The SMILES string of the molecule is CC[C@H]([C@H](C)O)n1ncn(-c2ccc(N3CCN(c4ccc(OC[C@@H]5CO[C@](Cn6cncn6)(c6ccc(F)cc6F)C5)cc4)CC3)cc2)c1=O. The molecule has 0 radical (unpaired) electrons. The average molecular weight is 701 g/mol. The highest BCUT2D eigenvalue weighted by molar-refractivity contribution is 5.54. The number of hydrogen-bond acceptors (Lipinski definition) is 9. The van der Waals surface area contributed by atoms with Gasteiger partial charge in [-0.05, 0) is 74.4 Å². The summed E-state index contributed by atoms with van der Waals surface area (Å²) in [6.07, 6.45) is 4.88. The third-order valence-electron chi connectivity index (χ3n) is 9.96. The molecule has 0 aliphatic carbocycles. The molecule has 4 atom stereocenters. The van der Waals surface area contributed by atoms with Crippen molar-refractivity contribution in [2.75, 3.05) is 49.2 Å². The van der Waals surface area contributed by atoms with E-state index in [1.54, 1.807) is 17.9 Å². The number of halogens is 2. The maximum Gasteiger partial charge on any atom is 0.350 e. The molecule has 2 saturated heterocycles. The van der Waals surface area contributed by atoms with Crippen LogP contribution in [-0.4, -0.2) is 79.7 Å². The summed E-state index contributed by atoms with van der Waals surface area (Å²) in [5.41, 5.74) is 1.93. The average Bonchev–Trinajstić information content (AvgIpc) is 3.90. The molecule has 2 aromatic heterocycles. The van der Waals surface area contributed by atoms with Gasteiger partial charge in [-0.15, -0.1) is 0 Å². The molecular weight excluding hydrogens is 658 g/mol. The third-order valence-corrected chi connectivity index (χ3v) is 9.96. The minimum absolute atomic E-state index is 0.0121. The van der Waals surface area contributed by atoms with Gasteiger partial charge in [0.05, 0.1) is 37.6 Å². The van der Waals surface area contributed by atoms with Crippen molar-refractivity contribution in [2.45, 2.75) is 51.0 Å². The van der Waals surface area contributed by atoms with Crippen molar-refractivity contribution in [3.05, 3.63) is 113 Å². The number of aliphatic hydroxyl groups excluding tert-OH is 1. The Labute approximate surface area is 294 Å². The zero-order valence-corrected chi connectivity index (χ0v) is 28.7. The minimum Gasteiger partial charge on any atom is -0.493 e. The molecule has 0 bridgehead atoms. The van der Waals surface area contributed by atoms with Crippen LogP contribution in [0.15, 0.2) is 90.5 Å². The fourth-order valence-corrected chi connectivity index (χ4v) is 7.24. The van der Waals surface area contributed by atoms with Crippen LogP contribution in [0.25, 0.3) is 5.69 Å². The number of piperazine rings is 1. The lowest BCUT2D eigenvalue weighted by atomic mass is 9.87. The Morgan fingerprint density at radius 2 is 1.61 bits per heavy atom. The number of aromatic nitrogens is 6. The molecule has 12 nitrogen and oxygen atoms in total. The number of benzene rings is 3. The highest BCUT2D eigenvalue weighted by Crippen LogP contribution is 2.42. The summed E-state index contributed by atoms with van der Waals surface area (Å²) in [6, 6.07) is 19.2. The summed E-state index contributed by atoms with van der Waals surface area (Å²) in [5, 5.41) is 18.5. The molecule has 1 N–H and O–H groups in total. The van der Waals surface area contributed by atoms with E-state index in [2.05, 4.69) is 37.1 Å². The Balaban J connectivity index is 0.923. The summed E-state index contributed by atoms with van der Waals surface area (Å²) < 4.78 is 45.6. The molecule has 0 unspecified atom stereocenters. The van der Waals surface area contributed by atoms with Gasteiger partial charge in [0.2, 0.25) is 0 Å². The van der Waals surface area contributed by atoms with Crippen LogP contribution in [0.1, 0.15) is 38.3 Å². The van der Waals surface area contributed by atoms with Crippen LogP contribution in [0.2, 0.25) is 0 Å². The topological polar surface area (TPSA) is 116 Å². The van der Waals surface area contributed by atoms with Crippen LogP contribution in [-0.2, 0) is 16.9 Å². The zero-order valence-electron chi connectivity index (χ0n) is 28.7. The second-order valence-electron chi connectivity index (χ2n) is 13.3. The van der Waals surface area contributed by atoms with Gasteiger partial charge in [0.15, 0.2) is 0 Å². The second-order valence-corrected chi connectivity index (χ2v) is 13.3. The van der Waals surface area contributed by atoms with Gasteiger partial charge >= 0.3 is 5.69 Å². The standard InChI is InChI=1S/C37H42F2N8O4/c1-3-35(26(2)48)47-36(49)46(25-42-47)31-7-5-29(6-8-31)43-14-16-44(17-15-43)30-9-11-32(12-10-30)50-20-27-19-37(51-21-27,22-45-24-40-23-41-45)33-13-4-28(38)18-34(33)39/h4-13,18,23-27,35,48H,3,14-17,19-22H2,1-2H3/t26-,27+,35+,37+/m0/s1. The van der Waals surface area contributed by atoms with Crippen LogP contribution in [0, 0.1) is 17.6 Å². The van der Waals surface area contributed by atoms with E-state index in [9.17, 15) is 18.7 Å². The van der Waals surface area contributed by atoms with Crippen LogP contribution in [0.4, 0.5) is 20.2 Å². The molecule has 2 aliphatic heterocycles. The Morgan fingerprint density at radius 3 is 2.22 bits per heavy atom. The Morgan fingerprint density at radius 1 is 0.941 bits per heavy atom. The van der Waals surface area contributed by atoms with Gasteiger partial charge < -0.3 is 24.4 Å². The lowest BCUT2D eigenvalue weighted by Crippen LogP contribution is -2.46. The van der Waals surface area contributed by atoms with E-state index in [0.717, 1.165) is 55.1 Å². The molecule has 4 heterocycles. The molecule has 0 amide bonds. The Bertz CT molecular complexity index is 1960. The predicted molar refractivity (Wildman–Crippen MR) is 187 cm³/mol. The molecule has 2 aliphatic rings. The first kappa shape index (κ1) is 34.4. The van der Waals surface area contributed by atoms with Crippen molar-refractivity contribution in [3.63, 3.8) is 0 Å². The van der Waals surface area contributed by atoms with Crippen molar-refractivity contribution in [2.24, 2.45) is 5.92 Å². The third kappa shape index (κ3) is 7.24. The van der Waals surface area contributed by atoms with E-state index in [1.165, 1.54) is 34.0 Å². The molecule has 5 aromatic rings. The minimum atomic E-state index is -1.02. The lowest BCUT2D eigenvalue weighted by Gasteiger charge is -2.37. The van der Waals surface area contributed by atoms with Gasteiger partial charge in [-0.1, -0.05) is 13.0 Å².